The fourth-order valence-corrected chi connectivity index (χ4v) is 2.06. The Labute approximate surface area is 114 Å². The maximum atomic E-state index is 8.66. The van der Waals surface area contributed by atoms with Crippen LogP contribution in [0.2, 0.25) is 0 Å². The molecule has 0 aliphatic rings. The first-order valence-corrected chi connectivity index (χ1v) is 6.39. The number of nitriles is 1. The molecule has 96 valence electrons. The predicted octanol–water partition coefficient (Wildman–Crippen LogP) is 3.53. The molecule has 0 unspecified atom stereocenters. The molecule has 2 aromatic rings. The summed E-state index contributed by atoms with van der Waals surface area (Å²) in [5, 5.41) is 8.66. The van der Waals surface area contributed by atoms with E-state index >= 15 is 0 Å². The van der Waals surface area contributed by atoms with Crippen LogP contribution in [0.1, 0.15) is 29.1 Å². The van der Waals surface area contributed by atoms with E-state index in [1.807, 2.05) is 13.0 Å². The topological polar surface area (TPSA) is 49.6 Å². The van der Waals surface area contributed by atoms with E-state index in [4.69, 9.17) is 5.26 Å². The third-order valence-corrected chi connectivity index (χ3v) is 3.03. The van der Waals surface area contributed by atoms with Gasteiger partial charge in [-0.15, -0.1) is 0 Å². The molecule has 19 heavy (non-hydrogen) atoms. The lowest BCUT2D eigenvalue weighted by Gasteiger charge is -2.09. The molecule has 3 heteroatoms. The van der Waals surface area contributed by atoms with Gasteiger partial charge in [0.15, 0.2) is 0 Å². The number of benzene rings is 1. The summed E-state index contributed by atoms with van der Waals surface area (Å²) in [6.07, 6.45) is 1.06. The van der Waals surface area contributed by atoms with Crippen LogP contribution in [0.3, 0.4) is 0 Å². The molecular weight excluding hydrogens is 234 g/mol. The second kappa shape index (κ2) is 5.62. The Balaban J connectivity index is 2.47. The summed E-state index contributed by atoms with van der Waals surface area (Å²) in [6, 6.07) is 10.5. The van der Waals surface area contributed by atoms with Crippen molar-refractivity contribution in [3.63, 3.8) is 0 Å². The zero-order chi connectivity index (χ0) is 13.8. The van der Waals surface area contributed by atoms with Crippen LogP contribution in [0.4, 0.5) is 0 Å². The molecule has 0 aliphatic heterocycles. The Bertz CT molecular complexity index is 639. The minimum Gasteiger partial charge on any atom is -0.238 e. The van der Waals surface area contributed by atoms with Gasteiger partial charge >= 0.3 is 0 Å². The van der Waals surface area contributed by atoms with Crippen molar-refractivity contribution < 1.29 is 0 Å². The van der Waals surface area contributed by atoms with Gasteiger partial charge in [-0.05, 0) is 38.5 Å². The van der Waals surface area contributed by atoms with E-state index in [-0.39, 0.29) is 0 Å². The summed E-state index contributed by atoms with van der Waals surface area (Å²) in [5.74, 6) is 0.748. The summed E-state index contributed by atoms with van der Waals surface area (Å²) in [7, 11) is 0. The maximum Gasteiger partial charge on any atom is 0.130 e. The van der Waals surface area contributed by atoms with Crippen molar-refractivity contribution in [2.45, 2.75) is 33.6 Å². The quantitative estimate of drug-likeness (QED) is 0.838. The SMILES string of the molecule is Cc1ccc(C)c(-c2cc(C)nc(CCC#N)n2)c1. The number of aromatic nitrogens is 2. The molecule has 0 saturated carbocycles. The Hall–Kier alpha value is -2.21. The molecule has 1 aromatic heterocycles. The van der Waals surface area contributed by atoms with Gasteiger partial charge in [0.25, 0.3) is 0 Å². The number of aryl methyl sites for hydroxylation is 4. The lowest BCUT2D eigenvalue weighted by molar-refractivity contribution is 0.872. The molecule has 0 amide bonds. The smallest absolute Gasteiger partial charge is 0.130 e. The number of hydrogen-bond acceptors (Lipinski definition) is 3. The van der Waals surface area contributed by atoms with E-state index in [1.54, 1.807) is 0 Å². The average molecular weight is 251 g/mol. The zero-order valence-electron chi connectivity index (χ0n) is 11.6. The Kier molecular flexibility index (Phi) is 3.91. The van der Waals surface area contributed by atoms with Gasteiger partial charge in [0, 0.05) is 24.1 Å². The van der Waals surface area contributed by atoms with Crippen molar-refractivity contribution in [1.82, 2.24) is 9.97 Å². The van der Waals surface area contributed by atoms with Gasteiger partial charge in [-0.25, -0.2) is 9.97 Å². The van der Waals surface area contributed by atoms with Crippen LogP contribution >= 0.6 is 0 Å². The van der Waals surface area contributed by atoms with Crippen molar-refractivity contribution in [1.29, 1.82) is 5.26 Å². The second-order valence-electron chi connectivity index (χ2n) is 4.79. The number of hydrogen-bond donors (Lipinski definition) is 0. The summed E-state index contributed by atoms with van der Waals surface area (Å²) >= 11 is 0. The van der Waals surface area contributed by atoms with Crippen LogP contribution in [0.25, 0.3) is 11.3 Å². The summed E-state index contributed by atoms with van der Waals surface area (Å²) in [5.41, 5.74) is 5.45. The fourth-order valence-electron chi connectivity index (χ4n) is 2.06. The van der Waals surface area contributed by atoms with Gasteiger partial charge in [-0.2, -0.15) is 5.26 Å². The minimum absolute atomic E-state index is 0.454. The van der Waals surface area contributed by atoms with E-state index in [2.05, 4.69) is 48.1 Å². The van der Waals surface area contributed by atoms with Crippen LogP contribution in [0.15, 0.2) is 24.3 Å². The van der Waals surface area contributed by atoms with Gasteiger partial charge < -0.3 is 0 Å². The molecule has 1 aromatic carbocycles. The molecule has 1 heterocycles. The van der Waals surface area contributed by atoms with Gasteiger partial charge in [0.1, 0.15) is 5.82 Å². The summed E-state index contributed by atoms with van der Waals surface area (Å²) < 4.78 is 0. The van der Waals surface area contributed by atoms with Gasteiger partial charge in [-0.1, -0.05) is 17.7 Å². The number of nitrogens with zero attached hydrogens (tertiary/aromatic N) is 3. The first-order valence-electron chi connectivity index (χ1n) is 6.39. The molecule has 0 N–H and O–H groups in total. The summed E-state index contributed by atoms with van der Waals surface area (Å²) in [6.45, 7) is 6.13. The molecule has 2 rings (SSSR count). The number of rotatable bonds is 3. The highest BCUT2D eigenvalue weighted by atomic mass is 14.9. The zero-order valence-corrected chi connectivity index (χ0v) is 11.6. The van der Waals surface area contributed by atoms with Crippen molar-refractivity contribution in [2.24, 2.45) is 0 Å². The second-order valence-corrected chi connectivity index (χ2v) is 4.79. The Morgan fingerprint density at radius 3 is 2.63 bits per heavy atom. The molecule has 0 saturated heterocycles. The van der Waals surface area contributed by atoms with Crippen LogP contribution < -0.4 is 0 Å². The molecule has 0 atom stereocenters. The van der Waals surface area contributed by atoms with Crippen LogP contribution in [0.5, 0.6) is 0 Å². The third-order valence-electron chi connectivity index (χ3n) is 3.03. The van der Waals surface area contributed by atoms with Gasteiger partial charge in [-0.3, -0.25) is 0 Å². The highest BCUT2D eigenvalue weighted by Crippen LogP contribution is 2.23. The first kappa shape index (κ1) is 13.2. The Morgan fingerprint density at radius 1 is 1.11 bits per heavy atom. The van der Waals surface area contributed by atoms with Crippen LogP contribution in [-0.2, 0) is 6.42 Å². The van der Waals surface area contributed by atoms with E-state index in [9.17, 15) is 0 Å². The van der Waals surface area contributed by atoms with Crippen molar-refractivity contribution in [3.8, 4) is 17.3 Å². The fraction of sp³-hybridized carbons (Fsp3) is 0.312. The first-order chi connectivity index (χ1) is 9.10. The maximum absolute atomic E-state index is 8.66. The molecule has 0 radical (unpaired) electrons. The van der Waals surface area contributed by atoms with Crippen molar-refractivity contribution >= 4 is 0 Å². The molecule has 0 bridgehead atoms. The lowest BCUT2D eigenvalue weighted by Crippen LogP contribution is -2.00. The van der Waals surface area contributed by atoms with Gasteiger partial charge in [0.05, 0.1) is 11.8 Å². The van der Waals surface area contributed by atoms with E-state index in [0.717, 1.165) is 22.8 Å². The molecule has 0 aliphatic carbocycles. The molecule has 0 spiro atoms. The Morgan fingerprint density at radius 2 is 1.89 bits per heavy atom. The van der Waals surface area contributed by atoms with Gasteiger partial charge in [0.2, 0.25) is 0 Å². The normalized spacial score (nSPS) is 10.2. The minimum atomic E-state index is 0.454. The van der Waals surface area contributed by atoms with Crippen molar-refractivity contribution in [2.75, 3.05) is 0 Å². The van der Waals surface area contributed by atoms with E-state index in [0.29, 0.717) is 12.8 Å². The van der Waals surface area contributed by atoms with Crippen LogP contribution in [-0.4, -0.2) is 9.97 Å². The summed E-state index contributed by atoms with van der Waals surface area (Å²) in [4.78, 5) is 8.97. The monoisotopic (exact) mass is 251 g/mol. The predicted molar refractivity (Wildman–Crippen MR) is 75.6 cm³/mol. The largest absolute Gasteiger partial charge is 0.238 e. The molecule has 0 fully saturated rings. The standard InChI is InChI=1S/C16H17N3/c1-11-6-7-12(2)14(9-11)15-10-13(3)18-16(19-15)5-4-8-17/h6-7,9-10H,4-5H2,1-3H3. The van der Waals surface area contributed by atoms with E-state index in [1.165, 1.54) is 11.1 Å². The van der Waals surface area contributed by atoms with Crippen LogP contribution in [0, 0.1) is 32.1 Å². The highest BCUT2D eigenvalue weighted by Gasteiger charge is 2.07. The third kappa shape index (κ3) is 3.17. The molecular formula is C16H17N3. The van der Waals surface area contributed by atoms with E-state index < -0.39 is 0 Å². The molecule has 3 nitrogen and oxygen atoms in total. The van der Waals surface area contributed by atoms with Crippen molar-refractivity contribution in [3.05, 3.63) is 46.9 Å². The average Bonchev–Trinajstić information content (AvgIpc) is 2.38. The highest BCUT2D eigenvalue weighted by molar-refractivity contribution is 5.64. The lowest BCUT2D eigenvalue weighted by atomic mass is 10.0.